The van der Waals surface area contributed by atoms with Crippen LogP contribution in [0.5, 0.6) is 5.75 Å². The van der Waals surface area contributed by atoms with Crippen molar-refractivity contribution in [2.45, 2.75) is 20.0 Å². The molecule has 102 valence electrons. The van der Waals surface area contributed by atoms with E-state index in [0.29, 0.717) is 13.2 Å². The van der Waals surface area contributed by atoms with Crippen molar-refractivity contribution < 1.29 is 19.0 Å². The minimum Gasteiger partial charge on any atom is -0.490 e. The predicted molar refractivity (Wildman–Crippen MR) is 72.0 cm³/mol. The Labute approximate surface area is 113 Å². The van der Waals surface area contributed by atoms with E-state index in [1.54, 1.807) is 6.92 Å². The van der Waals surface area contributed by atoms with E-state index in [9.17, 15) is 4.79 Å². The first kappa shape index (κ1) is 13.6. The molecule has 1 aliphatic rings. The molecule has 0 spiro atoms. The minimum atomic E-state index is -0.333. The van der Waals surface area contributed by atoms with Crippen LogP contribution in [0.4, 0.5) is 0 Å². The summed E-state index contributed by atoms with van der Waals surface area (Å²) in [6, 6.07) is 7.64. The second-order valence-electron chi connectivity index (χ2n) is 4.34. The van der Waals surface area contributed by atoms with E-state index in [1.807, 2.05) is 31.2 Å². The van der Waals surface area contributed by atoms with Gasteiger partial charge in [-0.25, -0.2) is 4.79 Å². The lowest BCUT2D eigenvalue weighted by atomic mass is 10.1. The van der Waals surface area contributed by atoms with E-state index in [0.717, 1.165) is 23.5 Å². The Bertz CT molecular complexity index is 475. The van der Waals surface area contributed by atoms with Crippen LogP contribution in [0, 0.1) is 0 Å². The van der Waals surface area contributed by atoms with Crippen LogP contribution < -0.4 is 4.74 Å². The van der Waals surface area contributed by atoms with Crippen molar-refractivity contribution in [1.82, 2.24) is 0 Å². The molecule has 1 unspecified atom stereocenters. The summed E-state index contributed by atoms with van der Waals surface area (Å²) in [7, 11) is 0. The van der Waals surface area contributed by atoms with Crippen LogP contribution >= 0.6 is 0 Å². The first-order chi connectivity index (χ1) is 9.20. The predicted octanol–water partition coefficient (Wildman–Crippen LogP) is 2.43. The maximum atomic E-state index is 11.5. The Morgan fingerprint density at radius 3 is 2.89 bits per heavy atom. The molecule has 1 fully saturated rings. The summed E-state index contributed by atoms with van der Waals surface area (Å²) in [5, 5.41) is 0. The molecule has 0 N–H and O–H groups in total. The van der Waals surface area contributed by atoms with Crippen LogP contribution in [0.25, 0.3) is 5.57 Å². The van der Waals surface area contributed by atoms with Gasteiger partial charge < -0.3 is 14.2 Å². The third kappa shape index (κ3) is 4.10. The molecule has 1 heterocycles. The summed E-state index contributed by atoms with van der Waals surface area (Å²) in [6.07, 6.45) is 1.70. The number of epoxide rings is 1. The first-order valence-corrected chi connectivity index (χ1v) is 6.39. The molecule has 0 saturated carbocycles. The average molecular weight is 262 g/mol. The van der Waals surface area contributed by atoms with Gasteiger partial charge in [0.05, 0.1) is 13.2 Å². The third-order valence-corrected chi connectivity index (χ3v) is 2.76. The van der Waals surface area contributed by atoms with Crippen molar-refractivity contribution in [3.63, 3.8) is 0 Å². The number of carbonyl (C=O) groups is 1. The lowest BCUT2D eigenvalue weighted by Gasteiger charge is -2.10. The summed E-state index contributed by atoms with van der Waals surface area (Å²) < 4.78 is 15.7. The fourth-order valence-electron chi connectivity index (χ4n) is 1.70. The van der Waals surface area contributed by atoms with Gasteiger partial charge in [-0.2, -0.15) is 0 Å². The number of esters is 1. The largest absolute Gasteiger partial charge is 0.490 e. The van der Waals surface area contributed by atoms with E-state index in [2.05, 4.69) is 0 Å². The number of benzene rings is 1. The van der Waals surface area contributed by atoms with Crippen LogP contribution in [0.1, 0.15) is 19.4 Å². The highest BCUT2D eigenvalue weighted by atomic mass is 16.6. The molecule has 19 heavy (non-hydrogen) atoms. The van der Waals surface area contributed by atoms with Gasteiger partial charge in [-0.1, -0.05) is 18.2 Å². The Kier molecular flexibility index (Phi) is 4.58. The highest BCUT2D eigenvalue weighted by molar-refractivity contribution is 5.91. The monoisotopic (exact) mass is 262 g/mol. The first-order valence-electron chi connectivity index (χ1n) is 6.39. The molecule has 2 rings (SSSR count). The topological polar surface area (TPSA) is 48.1 Å². The van der Waals surface area contributed by atoms with Crippen molar-refractivity contribution in [1.29, 1.82) is 0 Å². The molecule has 0 aromatic heterocycles. The molecule has 0 bridgehead atoms. The molecule has 4 nitrogen and oxygen atoms in total. The van der Waals surface area contributed by atoms with Gasteiger partial charge in [-0.3, -0.25) is 0 Å². The number of rotatable bonds is 6. The lowest BCUT2D eigenvalue weighted by molar-refractivity contribution is -0.137. The zero-order valence-corrected chi connectivity index (χ0v) is 11.2. The van der Waals surface area contributed by atoms with Gasteiger partial charge in [0.15, 0.2) is 0 Å². The van der Waals surface area contributed by atoms with Gasteiger partial charge in [-0.05, 0) is 25.5 Å². The van der Waals surface area contributed by atoms with Gasteiger partial charge in [0.2, 0.25) is 0 Å². The molecule has 1 aromatic rings. The molecule has 1 aromatic carbocycles. The van der Waals surface area contributed by atoms with Gasteiger partial charge in [0, 0.05) is 11.6 Å². The van der Waals surface area contributed by atoms with E-state index in [1.165, 1.54) is 6.08 Å². The second kappa shape index (κ2) is 6.38. The SMILES string of the molecule is CCOC(=O)/C=C(/C)c1ccccc1OCC1CO1. The standard InChI is InChI=1S/C15H18O4/c1-3-17-15(16)8-11(2)13-6-4-5-7-14(13)19-10-12-9-18-12/h4-8,12H,3,9-10H2,1-2H3/b11-8-. The van der Waals surface area contributed by atoms with Crippen molar-refractivity contribution in [2.24, 2.45) is 0 Å². The molecule has 1 atom stereocenters. The van der Waals surface area contributed by atoms with E-state index >= 15 is 0 Å². The summed E-state index contributed by atoms with van der Waals surface area (Å²) in [5.41, 5.74) is 1.72. The van der Waals surface area contributed by atoms with E-state index in [4.69, 9.17) is 14.2 Å². The summed E-state index contributed by atoms with van der Waals surface area (Å²) in [4.78, 5) is 11.5. The number of hydrogen-bond acceptors (Lipinski definition) is 4. The molecule has 4 heteroatoms. The zero-order valence-electron chi connectivity index (χ0n) is 11.2. The average Bonchev–Trinajstić information content (AvgIpc) is 3.21. The molecular weight excluding hydrogens is 244 g/mol. The minimum absolute atomic E-state index is 0.211. The Hall–Kier alpha value is -1.81. The fraction of sp³-hybridized carbons (Fsp3) is 0.400. The van der Waals surface area contributed by atoms with Crippen molar-refractivity contribution in [2.75, 3.05) is 19.8 Å². The summed E-state index contributed by atoms with van der Waals surface area (Å²) >= 11 is 0. The molecule has 0 aliphatic carbocycles. The second-order valence-corrected chi connectivity index (χ2v) is 4.34. The van der Waals surface area contributed by atoms with Gasteiger partial charge in [0.1, 0.15) is 18.5 Å². The number of ether oxygens (including phenoxy) is 3. The molecule has 1 aliphatic heterocycles. The van der Waals surface area contributed by atoms with Gasteiger partial charge in [-0.15, -0.1) is 0 Å². The molecular formula is C15H18O4. The van der Waals surface area contributed by atoms with Crippen molar-refractivity contribution in [3.8, 4) is 5.75 Å². The third-order valence-electron chi connectivity index (χ3n) is 2.76. The Morgan fingerprint density at radius 2 is 2.21 bits per heavy atom. The van der Waals surface area contributed by atoms with Gasteiger partial charge in [0.25, 0.3) is 0 Å². The van der Waals surface area contributed by atoms with Crippen LogP contribution in [-0.4, -0.2) is 31.9 Å². The van der Waals surface area contributed by atoms with Crippen LogP contribution in [0.2, 0.25) is 0 Å². The van der Waals surface area contributed by atoms with Crippen LogP contribution in [0.15, 0.2) is 30.3 Å². The van der Waals surface area contributed by atoms with Gasteiger partial charge >= 0.3 is 5.97 Å². The Morgan fingerprint density at radius 1 is 1.47 bits per heavy atom. The van der Waals surface area contributed by atoms with Crippen LogP contribution in [0.3, 0.4) is 0 Å². The summed E-state index contributed by atoms with van der Waals surface area (Å²) in [6.45, 7) is 5.34. The highest BCUT2D eigenvalue weighted by Crippen LogP contribution is 2.26. The number of allylic oxidation sites excluding steroid dienone is 1. The molecule has 0 amide bonds. The molecule has 1 saturated heterocycles. The van der Waals surface area contributed by atoms with Crippen molar-refractivity contribution >= 4 is 11.5 Å². The fourth-order valence-corrected chi connectivity index (χ4v) is 1.70. The Balaban J connectivity index is 2.10. The highest BCUT2D eigenvalue weighted by Gasteiger charge is 2.23. The quantitative estimate of drug-likeness (QED) is 0.449. The normalized spacial score (nSPS) is 18.0. The molecule has 0 radical (unpaired) electrons. The summed E-state index contributed by atoms with van der Waals surface area (Å²) in [5.74, 6) is 0.427. The van der Waals surface area contributed by atoms with Crippen LogP contribution in [-0.2, 0) is 14.3 Å². The smallest absolute Gasteiger partial charge is 0.331 e. The number of para-hydroxylation sites is 1. The van der Waals surface area contributed by atoms with Crippen molar-refractivity contribution in [3.05, 3.63) is 35.9 Å². The maximum Gasteiger partial charge on any atom is 0.331 e. The number of carbonyl (C=O) groups excluding carboxylic acids is 1. The maximum absolute atomic E-state index is 11.5. The zero-order chi connectivity index (χ0) is 13.7. The van der Waals surface area contributed by atoms with E-state index < -0.39 is 0 Å². The van der Waals surface area contributed by atoms with E-state index in [-0.39, 0.29) is 12.1 Å². The number of hydrogen-bond donors (Lipinski definition) is 0. The lowest BCUT2D eigenvalue weighted by Crippen LogP contribution is -2.06.